The Bertz CT molecular complexity index is 1130. The molecule has 1 amide bonds. The van der Waals surface area contributed by atoms with E-state index in [-0.39, 0.29) is 34.3 Å². The maximum atomic E-state index is 14.6. The number of carbonyl (C=O) groups excluding carboxylic acids is 1. The van der Waals surface area contributed by atoms with Gasteiger partial charge in [0, 0.05) is 23.7 Å². The van der Waals surface area contributed by atoms with Crippen LogP contribution in [0.3, 0.4) is 0 Å². The van der Waals surface area contributed by atoms with Crippen LogP contribution in [-0.4, -0.2) is 34.1 Å². The summed E-state index contributed by atoms with van der Waals surface area (Å²) in [5, 5.41) is 11.0. The van der Waals surface area contributed by atoms with Crippen LogP contribution < -0.4 is 15.8 Å². The van der Waals surface area contributed by atoms with Crippen LogP contribution in [0.25, 0.3) is 0 Å². The Balaban J connectivity index is 1.82. The van der Waals surface area contributed by atoms with Crippen molar-refractivity contribution in [3.8, 4) is 11.8 Å². The Labute approximate surface area is 188 Å². The number of carbonyl (C=O) groups is 1. The summed E-state index contributed by atoms with van der Waals surface area (Å²) < 4.78 is 70.1. The number of nitrogens with zero attached hydrogens (tertiary/aromatic N) is 3. The molecule has 3 rings (SSSR count). The third kappa shape index (κ3) is 5.89. The van der Waals surface area contributed by atoms with Crippen LogP contribution in [0.15, 0.2) is 35.5 Å². The minimum absolute atomic E-state index is 0.0431. The number of hydrogen-bond acceptors (Lipinski definition) is 7. The molecule has 1 aromatic carbocycles. The molecule has 0 radical (unpaired) electrons. The number of aromatic nitrogens is 1. The molecule has 33 heavy (non-hydrogen) atoms. The van der Waals surface area contributed by atoms with Gasteiger partial charge in [0.05, 0.1) is 17.8 Å². The van der Waals surface area contributed by atoms with E-state index in [1.807, 2.05) is 6.07 Å². The predicted octanol–water partition coefficient (Wildman–Crippen LogP) is 4.11. The van der Waals surface area contributed by atoms with E-state index in [1.165, 1.54) is 13.0 Å². The van der Waals surface area contributed by atoms with Gasteiger partial charge in [0.1, 0.15) is 16.7 Å². The predicted molar refractivity (Wildman–Crippen MR) is 111 cm³/mol. The molecule has 7 nitrogen and oxygen atoms in total. The summed E-state index contributed by atoms with van der Waals surface area (Å²) in [6, 6.07) is 6.19. The minimum Gasteiger partial charge on any atom is -0.483 e. The fourth-order valence-corrected chi connectivity index (χ4v) is 4.13. The summed E-state index contributed by atoms with van der Waals surface area (Å²) in [5.74, 6) is -3.48. The van der Waals surface area contributed by atoms with Crippen molar-refractivity contribution in [1.82, 2.24) is 4.98 Å². The molecule has 2 heterocycles. The molecule has 1 aromatic heterocycles. The van der Waals surface area contributed by atoms with Crippen molar-refractivity contribution in [2.45, 2.75) is 30.3 Å². The molecular formula is C20H16F5N5O2S. The number of ether oxygens (including phenoxy) is 1. The Morgan fingerprint density at radius 3 is 2.73 bits per heavy atom. The number of amides is 1. The van der Waals surface area contributed by atoms with Crippen molar-refractivity contribution in [2.75, 3.05) is 11.9 Å². The highest BCUT2D eigenvalue weighted by Gasteiger charge is 2.38. The average molecular weight is 485 g/mol. The van der Waals surface area contributed by atoms with E-state index in [0.29, 0.717) is 0 Å². The molecule has 0 saturated carbocycles. The SMILES string of the molecule is C[C@@]1(c2cc(NC(=O)c3ccc(OCC(F)(F)F)cn3)cc(F)c2F)C[C@@H](C#N)SC(N)=N1. The molecule has 0 bridgehead atoms. The van der Waals surface area contributed by atoms with Crippen molar-refractivity contribution < 1.29 is 31.5 Å². The van der Waals surface area contributed by atoms with Crippen molar-refractivity contribution in [2.24, 2.45) is 10.7 Å². The van der Waals surface area contributed by atoms with Gasteiger partial charge in [-0.3, -0.25) is 9.79 Å². The Hall–Kier alpha value is -3.40. The van der Waals surface area contributed by atoms with Gasteiger partial charge in [0.15, 0.2) is 23.4 Å². The van der Waals surface area contributed by atoms with Gasteiger partial charge in [0.25, 0.3) is 5.91 Å². The lowest BCUT2D eigenvalue weighted by Crippen LogP contribution is -2.34. The van der Waals surface area contributed by atoms with E-state index in [1.54, 1.807) is 0 Å². The Morgan fingerprint density at radius 1 is 1.39 bits per heavy atom. The number of benzene rings is 1. The number of nitriles is 1. The van der Waals surface area contributed by atoms with Crippen LogP contribution in [0.2, 0.25) is 0 Å². The molecule has 0 aliphatic carbocycles. The van der Waals surface area contributed by atoms with E-state index in [4.69, 9.17) is 5.73 Å². The molecule has 0 fully saturated rings. The molecule has 13 heteroatoms. The highest BCUT2D eigenvalue weighted by atomic mass is 32.2. The number of alkyl halides is 3. The van der Waals surface area contributed by atoms with Crippen LogP contribution in [-0.2, 0) is 5.54 Å². The summed E-state index contributed by atoms with van der Waals surface area (Å²) in [6.45, 7) is -0.0244. The first-order valence-electron chi connectivity index (χ1n) is 9.28. The molecule has 1 aliphatic rings. The van der Waals surface area contributed by atoms with E-state index >= 15 is 0 Å². The van der Waals surface area contributed by atoms with Gasteiger partial charge in [-0.15, -0.1) is 0 Å². The highest BCUT2D eigenvalue weighted by molar-refractivity contribution is 8.14. The fraction of sp³-hybridized carbons (Fsp3) is 0.300. The zero-order valence-electron chi connectivity index (χ0n) is 16.9. The van der Waals surface area contributed by atoms with Crippen LogP contribution >= 0.6 is 11.8 Å². The number of thioether (sulfide) groups is 1. The number of halogens is 5. The van der Waals surface area contributed by atoms with Gasteiger partial charge < -0.3 is 15.8 Å². The molecule has 3 N–H and O–H groups in total. The van der Waals surface area contributed by atoms with Gasteiger partial charge in [-0.2, -0.15) is 18.4 Å². The first kappa shape index (κ1) is 24.2. The van der Waals surface area contributed by atoms with Crippen molar-refractivity contribution >= 4 is 28.5 Å². The first-order valence-corrected chi connectivity index (χ1v) is 10.2. The monoisotopic (exact) mass is 485 g/mol. The zero-order chi connectivity index (χ0) is 24.4. The summed E-state index contributed by atoms with van der Waals surface area (Å²) in [4.78, 5) is 20.4. The molecule has 0 unspecified atom stereocenters. The third-order valence-corrected chi connectivity index (χ3v) is 5.47. The summed E-state index contributed by atoms with van der Waals surface area (Å²) >= 11 is 1.01. The topological polar surface area (TPSA) is 113 Å². The Kier molecular flexibility index (Phi) is 6.78. The number of rotatable bonds is 5. The fourth-order valence-electron chi connectivity index (χ4n) is 3.12. The number of nitrogens with two attached hydrogens (primary N) is 1. The van der Waals surface area contributed by atoms with E-state index < -0.39 is 41.1 Å². The number of nitrogens with one attached hydrogen (secondary N) is 1. The lowest BCUT2D eigenvalue weighted by Gasteiger charge is -2.32. The first-order chi connectivity index (χ1) is 15.4. The number of amidine groups is 1. The number of pyridine rings is 1. The molecule has 2 aromatic rings. The van der Waals surface area contributed by atoms with Gasteiger partial charge >= 0.3 is 6.18 Å². The second-order valence-corrected chi connectivity index (χ2v) is 8.44. The zero-order valence-corrected chi connectivity index (χ0v) is 17.7. The second kappa shape index (κ2) is 9.22. The number of hydrogen-bond donors (Lipinski definition) is 2. The molecule has 1 aliphatic heterocycles. The van der Waals surface area contributed by atoms with Crippen LogP contribution in [0.1, 0.15) is 29.4 Å². The van der Waals surface area contributed by atoms with Crippen molar-refractivity contribution in [3.63, 3.8) is 0 Å². The molecule has 2 atom stereocenters. The normalized spacial score (nSPS) is 20.5. The molecule has 0 spiro atoms. The van der Waals surface area contributed by atoms with Gasteiger partial charge in [-0.25, -0.2) is 13.8 Å². The summed E-state index contributed by atoms with van der Waals surface area (Å²) in [6.07, 6.45) is -3.54. The number of aliphatic imine (C=N–C) groups is 1. The van der Waals surface area contributed by atoms with Gasteiger partial charge in [-0.05, 0) is 25.1 Å². The highest BCUT2D eigenvalue weighted by Crippen LogP contribution is 2.41. The maximum Gasteiger partial charge on any atom is 0.422 e. The lowest BCUT2D eigenvalue weighted by atomic mass is 9.87. The quantitative estimate of drug-likeness (QED) is 0.617. The maximum absolute atomic E-state index is 14.6. The van der Waals surface area contributed by atoms with Crippen LogP contribution in [0.4, 0.5) is 27.6 Å². The van der Waals surface area contributed by atoms with E-state index in [2.05, 4.69) is 20.0 Å². The minimum atomic E-state index is -4.53. The summed E-state index contributed by atoms with van der Waals surface area (Å²) in [5.41, 5.74) is 3.88. The smallest absolute Gasteiger partial charge is 0.422 e. The van der Waals surface area contributed by atoms with E-state index in [0.717, 1.165) is 36.2 Å². The molecule has 174 valence electrons. The second-order valence-electron chi connectivity index (χ2n) is 7.22. The Morgan fingerprint density at radius 2 is 2.12 bits per heavy atom. The summed E-state index contributed by atoms with van der Waals surface area (Å²) in [7, 11) is 0. The average Bonchev–Trinajstić information content (AvgIpc) is 2.73. The van der Waals surface area contributed by atoms with Crippen LogP contribution in [0, 0.1) is 23.0 Å². The van der Waals surface area contributed by atoms with Crippen molar-refractivity contribution in [1.29, 1.82) is 5.26 Å². The molecule has 0 saturated heterocycles. The largest absolute Gasteiger partial charge is 0.483 e. The third-order valence-electron chi connectivity index (χ3n) is 4.58. The molecular weight excluding hydrogens is 469 g/mol. The lowest BCUT2D eigenvalue weighted by molar-refractivity contribution is -0.153. The van der Waals surface area contributed by atoms with Gasteiger partial charge in [0.2, 0.25) is 0 Å². The van der Waals surface area contributed by atoms with Gasteiger partial charge in [-0.1, -0.05) is 11.8 Å². The van der Waals surface area contributed by atoms with Crippen LogP contribution in [0.5, 0.6) is 5.75 Å². The standard InChI is InChI=1S/C20H16F5N5O2S/c1-19(6-12(7-26)33-18(27)30-19)13-4-10(5-14(21)16(13)22)29-17(31)15-3-2-11(8-28-15)32-9-20(23,24)25/h2-5,8,12H,6,9H2,1H3,(H2,27,30)(H,29,31)/t12-,19-/m0/s1. The van der Waals surface area contributed by atoms with E-state index in [9.17, 15) is 32.0 Å². The van der Waals surface area contributed by atoms with Crippen molar-refractivity contribution in [3.05, 3.63) is 53.4 Å². The number of anilines is 1.